The van der Waals surface area contributed by atoms with Crippen LogP contribution >= 0.6 is 0 Å². The highest BCUT2D eigenvalue weighted by atomic mass is 16.5. The highest BCUT2D eigenvalue weighted by Gasteiger charge is 2.11. The Hall–Kier alpha value is -0.600. The Morgan fingerprint density at radius 1 is 0.528 bits per heavy atom. The zero-order chi connectivity index (χ0) is 26.4. The fourth-order valence-corrected chi connectivity index (χ4v) is 4.77. The smallest absolute Gasteiger partial charge is 0.0621 e. The van der Waals surface area contributed by atoms with E-state index >= 15 is 0 Å². The molecule has 0 aromatic carbocycles. The lowest BCUT2D eigenvalue weighted by Crippen LogP contribution is -2.32. The minimum Gasteiger partial charge on any atom is -0.380 e. The van der Waals surface area contributed by atoms with Crippen LogP contribution in [-0.4, -0.2) is 38.3 Å². The third kappa shape index (κ3) is 28.0. The van der Waals surface area contributed by atoms with E-state index in [0.29, 0.717) is 6.04 Å². The molecule has 0 amide bonds. The third-order valence-electron chi connectivity index (χ3n) is 7.42. The van der Waals surface area contributed by atoms with Crippen LogP contribution in [0.1, 0.15) is 162 Å². The van der Waals surface area contributed by atoms with Crippen LogP contribution in [0.4, 0.5) is 0 Å². The van der Waals surface area contributed by atoms with Crippen molar-refractivity contribution in [2.24, 2.45) is 0 Å². The van der Waals surface area contributed by atoms with Crippen LogP contribution in [0.15, 0.2) is 24.3 Å². The summed E-state index contributed by atoms with van der Waals surface area (Å²) in [5.74, 6) is 0. The van der Waals surface area contributed by atoms with Crippen LogP contribution in [0.3, 0.4) is 0 Å². The minimum atomic E-state index is 0.585. The maximum atomic E-state index is 6.05. The maximum Gasteiger partial charge on any atom is 0.0621 e. The molecule has 0 saturated carbocycles. The molecule has 0 aliphatic heterocycles. The van der Waals surface area contributed by atoms with E-state index in [1.54, 1.807) is 0 Å². The van der Waals surface area contributed by atoms with Crippen LogP contribution in [0.2, 0.25) is 0 Å². The third-order valence-corrected chi connectivity index (χ3v) is 7.42. The molecule has 2 nitrogen and oxygen atoms in total. The predicted molar refractivity (Wildman–Crippen MR) is 164 cm³/mol. The monoisotopic (exact) mass is 506 g/mol. The Bertz CT molecular complexity index is 456. The van der Waals surface area contributed by atoms with Crippen LogP contribution < -0.4 is 0 Å². The molecular weight excluding hydrogens is 438 g/mol. The van der Waals surface area contributed by atoms with Crippen molar-refractivity contribution in [1.29, 1.82) is 0 Å². The molecule has 214 valence electrons. The quantitative estimate of drug-likeness (QED) is 0.0740. The molecule has 0 bridgehead atoms. The summed E-state index contributed by atoms with van der Waals surface area (Å²) in [6.45, 7) is 6.42. The standard InChI is InChI=1S/C34H67NO/c1-5-7-9-11-13-15-16-17-18-19-20-21-22-23-25-27-29-31-34(35(3)4)33-36-32-30-28-26-24-14-12-10-8-6-2/h13,15,17-18,34H,5-12,14,16,19-33H2,1-4H3. The van der Waals surface area contributed by atoms with Gasteiger partial charge in [-0.1, -0.05) is 141 Å². The lowest BCUT2D eigenvalue weighted by molar-refractivity contribution is 0.0721. The SMILES string of the molecule is CCCCCC=CCC=CCCCCCCCCCC(COCCCCCCCCCCC)N(C)C. The summed E-state index contributed by atoms with van der Waals surface area (Å²) in [6, 6.07) is 0.585. The summed E-state index contributed by atoms with van der Waals surface area (Å²) in [7, 11) is 4.43. The first-order valence-corrected chi connectivity index (χ1v) is 16.3. The second kappa shape index (κ2) is 30.6. The van der Waals surface area contributed by atoms with E-state index in [4.69, 9.17) is 4.74 Å². The molecule has 0 rings (SSSR count). The molecule has 0 aromatic heterocycles. The van der Waals surface area contributed by atoms with Gasteiger partial charge in [0.2, 0.25) is 0 Å². The summed E-state index contributed by atoms with van der Waals surface area (Å²) >= 11 is 0. The van der Waals surface area contributed by atoms with Crippen molar-refractivity contribution in [2.45, 2.75) is 168 Å². The number of allylic oxidation sites excluding steroid dienone is 4. The number of nitrogens with zero attached hydrogens (tertiary/aromatic N) is 1. The van der Waals surface area contributed by atoms with Crippen molar-refractivity contribution in [3.8, 4) is 0 Å². The minimum absolute atomic E-state index is 0.585. The number of hydrogen-bond donors (Lipinski definition) is 0. The Kier molecular flexibility index (Phi) is 30.1. The number of likely N-dealkylation sites (N-methyl/N-ethyl adjacent to an activating group) is 1. The summed E-state index contributed by atoms with van der Waals surface area (Å²) in [4.78, 5) is 2.37. The van der Waals surface area contributed by atoms with Gasteiger partial charge in [-0.25, -0.2) is 0 Å². The molecule has 0 spiro atoms. The molecule has 0 fully saturated rings. The normalized spacial score (nSPS) is 13.0. The largest absolute Gasteiger partial charge is 0.380 e. The molecule has 36 heavy (non-hydrogen) atoms. The number of hydrogen-bond acceptors (Lipinski definition) is 2. The summed E-state index contributed by atoms with van der Waals surface area (Å²) < 4.78 is 6.05. The first-order chi connectivity index (χ1) is 17.7. The lowest BCUT2D eigenvalue weighted by atomic mass is 10.0. The van der Waals surface area contributed by atoms with Gasteiger partial charge in [0.25, 0.3) is 0 Å². The summed E-state index contributed by atoms with van der Waals surface area (Å²) in [6.07, 6.45) is 40.5. The number of ether oxygens (including phenoxy) is 1. The highest BCUT2D eigenvalue weighted by Crippen LogP contribution is 2.14. The van der Waals surface area contributed by atoms with Crippen molar-refractivity contribution < 1.29 is 4.74 Å². The highest BCUT2D eigenvalue weighted by molar-refractivity contribution is 4.92. The van der Waals surface area contributed by atoms with Gasteiger partial charge in [-0.15, -0.1) is 0 Å². The first-order valence-electron chi connectivity index (χ1n) is 16.3. The Morgan fingerprint density at radius 3 is 1.53 bits per heavy atom. The molecule has 0 aliphatic carbocycles. The van der Waals surface area contributed by atoms with Gasteiger partial charge in [-0.3, -0.25) is 0 Å². The maximum absolute atomic E-state index is 6.05. The Labute approximate surface area is 228 Å². The van der Waals surface area contributed by atoms with Gasteiger partial charge in [0.1, 0.15) is 0 Å². The second-order valence-corrected chi connectivity index (χ2v) is 11.2. The van der Waals surface area contributed by atoms with Crippen molar-refractivity contribution in [1.82, 2.24) is 4.90 Å². The lowest BCUT2D eigenvalue weighted by Gasteiger charge is -2.24. The summed E-state index contributed by atoms with van der Waals surface area (Å²) in [5, 5.41) is 0. The van der Waals surface area contributed by atoms with E-state index in [9.17, 15) is 0 Å². The zero-order valence-corrected chi connectivity index (χ0v) is 25.4. The predicted octanol–water partition coefficient (Wildman–Crippen LogP) is 11.1. The fraction of sp³-hybridized carbons (Fsp3) is 0.882. The van der Waals surface area contributed by atoms with E-state index in [1.807, 2.05) is 0 Å². The van der Waals surface area contributed by atoms with Crippen molar-refractivity contribution in [3.05, 3.63) is 24.3 Å². The molecule has 2 heteroatoms. The van der Waals surface area contributed by atoms with Crippen molar-refractivity contribution in [3.63, 3.8) is 0 Å². The number of rotatable bonds is 29. The van der Waals surface area contributed by atoms with Crippen molar-refractivity contribution in [2.75, 3.05) is 27.3 Å². The molecule has 0 N–H and O–H groups in total. The van der Waals surface area contributed by atoms with Crippen LogP contribution in [0, 0.1) is 0 Å². The number of unbranched alkanes of at least 4 members (excludes halogenated alkanes) is 18. The van der Waals surface area contributed by atoms with Crippen molar-refractivity contribution >= 4 is 0 Å². The van der Waals surface area contributed by atoms with Crippen LogP contribution in [0.5, 0.6) is 0 Å². The Balaban J connectivity index is 3.46. The fourth-order valence-electron chi connectivity index (χ4n) is 4.77. The van der Waals surface area contributed by atoms with E-state index in [1.165, 1.54) is 141 Å². The molecule has 1 unspecified atom stereocenters. The molecule has 0 radical (unpaired) electrons. The van der Waals surface area contributed by atoms with E-state index in [2.05, 4.69) is 57.1 Å². The van der Waals surface area contributed by atoms with Gasteiger partial charge in [0.15, 0.2) is 0 Å². The van der Waals surface area contributed by atoms with Gasteiger partial charge in [0.05, 0.1) is 6.61 Å². The van der Waals surface area contributed by atoms with E-state index in [0.717, 1.165) is 19.6 Å². The van der Waals surface area contributed by atoms with Gasteiger partial charge in [-0.05, 0) is 59.0 Å². The molecule has 0 saturated heterocycles. The van der Waals surface area contributed by atoms with Crippen LogP contribution in [0.25, 0.3) is 0 Å². The van der Waals surface area contributed by atoms with E-state index < -0.39 is 0 Å². The average molecular weight is 506 g/mol. The zero-order valence-electron chi connectivity index (χ0n) is 25.4. The first kappa shape index (κ1) is 35.4. The second-order valence-electron chi connectivity index (χ2n) is 11.2. The topological polar surface area (TPSA) is 12.5 Å². The van der Waals surface area contributed by atoms with Gasteiger partial charge in [-0.2, -0.15) is 0 Å². The van der Waals surface area contributed by atoms with E-state index in [-0.39, 0.29) is 0 Å². The average Bonchev–Trinajstić information content (AvgIpc) is 2.87. The van der Waals surface area contributed by atoms with Gasteiger partial charge < -0.3 is 9.64 Å². The van der Waals surface area contributed by atoms with Gasteiger partial charge >= 0.3 is 0 Å². The Morgan fingerprint density at radius 2 is 0.972 bits per heavy atom. The molecule has 1 atom stereocenters. The van der Waals surface area contributed by atoms with Gasteiger partial charge in [0, 0.05) is 12.6 Å². The summed E-state index contributed by atoms with van der Waals surface area (Å²) in [5.41, 5.74) is 0. The van der Waals surface area contributed by atoms with Crippen LogP contribution in [-0.2, 0) is 4.74 Å². The molecular formula is C34H67NO. The molecule has 0 aliphatic rings. The molecule has 0 heterocycles. The molecule has 0 aromatic rings.